The van der Waals surface area contributed by atoms with Gasteiger partial charge in [0.2, 0.25) is 0 Å². The average molecular weight is 253 g/mol. The molecule has 1 saturated carbocycles. The van der Waals surface area contributed by atoms with E-state index >= 15 is 0 Å². The molecule has 0 bridgehead atoms. The number of nitrogens with one attached hydrogen (secondary N) is 1. The second-order valence-corrected chi connectivity index (χ2v) is 5.07. The lowest BCUT2D eigenvalue weighted by Crippen LogP contribution is -2.34. The van der Waals surface area contributed by atoms with E-state index in [-0.39, 0.29) is 5.92 Å². The molecule has 0 amide bonds. The van der Waals surface area contributed by atoms with Crippen LogP contribution in [-0.2, 0) is 0 Å². The summed E-state index contributed by atoms with van der Waals surface area (Å²) in [5, 5.41) is 3.45. The Bertz CT molecular complexity index is 392. The van der Waals surface area contributed by atoms with E-state index in [2.05, 4.69) is 12.2 Å². The quantitative estimate of drug-likeness (QED) is 0.803. The summed E-state index contributed by atoms with van der Waals surface area (Å²) >= 11 is 0. The van der Waals surface area contributed by atoms with E-state index in [1.165, 1.54) is 18.9 Å². The minimum Gasteiger partial charge on any atom is -0.314 e. The minimum absolute atomic E-state index is 0.174. The molecule has 1 aromatic carbocycles. The third kappa shape index (κ3) is 3.08. The summed E-state index contributed by atoms with van der Waals surface area (Å²) in [6.07, 6.45) is 5.59. The monoisotopic (exact) mass is 253 g/mol. The van der Waals surface area contributed by atoms with Gasteiger partial charge in [-0.1, -0.05) is 32.3 Å². The van der Waals surface area contributed by atoms with E-state index in [1.54, 1.807) is 6.07 Å². The van der Waals surface area contributed by atoms with E-state index in [0.717, 1.165) is 31.9 Å². The van der Waals surface area contributed by atoms with Crippen LogP contribution in [0, 0.1) is 11.6 Å². The molecule has 0 aromatic heterocycles. The first kappa shape index (κ1) is 13.5. The average Bonchev–Trinajstić information content (AvgIpc) is 2.56. The molecule has 2 atom stereocenters. The van der Waals surface area contributed by atoms with Gasteiger partial charge in [0.1, 0.15) is 11.6 Å². The first-order chi connectivity index (χ1) is 8.72. The molecule has 0 aliphatic heterocycles. The van der Waals surface area contributed by atoms with Crippen LogP contribution in [0.5, 0.6) is 0 Å². The maximum atomic E-state index is 13.9. The van der Waals surface area contributed by atoms with Gasteiger partial charge in [0, 0.05) is 18.0 Å². The Balaban J connectivity index is 2.25. The summed E-state index contributed by atoms with van der Waals surface area (Å²) in [5.74, 6) is -0.720. The van der Waals surface area contributed by atoms with E-state index in [0.29, 0.717) is 11.6 Å². The second-order valence-electron chi connectivity index (χ2n) is 5.07. The third-order valence-corrected chi connectivity index (χ3v) is 3.84. The summed E-state index contributed by atoms with van der Waals surface area (Å²) in [4.78, 5) is 0. The SMILES string of the molecule is CCNC1CCCCCC1c1ccc(F)cc1F. The zero-order chi connectivity index (χ0) is 13.0. The van der Waals surface area contributed by atoms with Gasteiger partial charge in [-0.2, -0.15) is 0 Å². The maximum absolute atomic E-state index is 13.9. The summed E-state index contributed by atoms with van der Waals surface area (Å²) in [6.45, 7) is 2.97. The van der Waals surface area contributed by atoms with Gasteiger partial charge in [-0.05, 0) is 31.0 Å². The van der Waals surface area contributed by atoms with Crippen LogP contribution in [0.3, 0.4) is 0 Å². The maximum Gasteiger partial charge on any atom is 0.129 e. The van der Waals surface area contributed by atoms with Crippen LogP contribution in [0.4, 0.5) is 8.78 Å². The molecule has 1 N–H and O–H groups in total. The highest BCUT2D eigenvalue weighted by Crippen LogP contribution is 2.33. The first-order valence-electron chi connectivity index (χ1n) is 6.90. The largest absolute Gasteiger partial charge is 0.314 e. The van der Waals surface area contributed by atoms with E-state index < -0.39 is 11.6 Å². The Morgan fingerprint density at radius 1 is 1.17 bits per heavy atom. The highest BCUT2D eigenvalue weighted by Gasteiger charge is 2.26. The molecule has 100 valence electrons. The number of hydrogen-bond donors (Lipinski definition) is 1. The van der Waals surface area contributed by atoms with Crippen molar-refractivity contribution in [2.45, 2.75) is 51.0 Å². The molecule has 1 aromatic rings. The molecule has 0 saturated heterocycles. The molecule has 1 fully saturated rings. The lowest BCUT2D eigenvalue weighted by Gasteiger charge is -2.26. The number of likely N-dealkylation sites (N-methyl/N-ethyl adjacent to an activating group) is 1. The highest BCUT2D eigenvalue weighted by atomic mass is 19.1. The zero-order valence-electron chi connectivity index (χ0n) is 10.9. The van der Waals surface area contributed by atoms with Crippen molar-refractivity contribution in [1.29, 1.82) is 0 Å². The first-order valence-corrected chi connectivity index (χ1v) is 6.90. The standard InChI is InChI=1S/C15H21F2N/c1-2-18-15-7-5-3-4-6-13(15)12-9-8-11(16)10-14(12)17/h8-10,13,15,18H,2-7H2,1H3. The molecule has 18 heavy (non-hydrogen) atoms. The van der Waals surface area contributed by atoms with Crippen LogP contribution in [-0.4, -0.2) is 12.6 Å². The number of benzene rings is 1. The van der Waals surface area contributed by atoms with Crippen LogP contribution in [0.25, 0.3) is 0 Å². The molecule has 0 spiro atoms. The fourth-order valence-corrected chi connectivity index (χ4v) is 2.99. The molecular formula is C15H21F2N. The third-order valence-electron chi connectivity index (χ3n) is 3.84. The van der Waals surface area contributed by atoms with Gasteiger partial charge in [0.05, 0.1) is 0 Å². The van der Waals surface area contributed by atoms with Gasteiger partial charge >= 0.3 is 0 Å². The zero-order valence-corrected chi connectivity index (χ0v) is 10.9. The van der Waals surface area contributed by atoms with Gasteiger partial charge in [-0.3, -0.25) is 0 Å². The fourth-order valence-electron chi connectivity index (χ4n) is 2.99. The van der Waals surface area contributed by atoms with Crippen molar-refractivity contribution in [3.8, 4) is 0 Å². The minimum atomic E-state index is -0.495. The second kappa shape index (κ2) is 6.28. The van der Waals surface area contributed by atoms with Crippen LogP contribution >= 0.6 is 0 Å². The van der Waals surface area contributed by atoms with Crippen LogP contribution in [0.1, 0.15) is 50.5 Å². The summed E-state index contributed by atoms with van der Waals surface area (Å²) in [6, 6.07) is 4.30. The predicted molar refractivity (Wildman–Crippen MR) is 69.6 cm³/mol. The fraction of sp³-hybridized carbons (Fsp3) is 0.600. The van der Waals surface area contributed by atoms with Crippen molar-refractivity contribution in [2.75, 3.05) is 6.54 Å². The van der Waals surface area contributed by atoms with Crippen molar-refractivity contribution in [3.63, 3.8) is 0 Å². The van der Waals surface area contributed by atoms with Crippen molar-refractivity contribution in [1.82, 2.24) is 5.32 Å². The molecule has 3 heteroatoms. The topological polar surface area (TPSA) is 12.0 Å². The lowest BCUT2D eigenvalue weighted by molar-refractivity contribution is 0.406. The van der Waals surface area contributed by atoms with Crippen LogP contribution < -0.4 is 5.32 Å². The Kier molecular flexibility index (Phi) is 4.70. The molecule has 0 heterocycles. The highest BCUT2D eigenvalue weighted by molar-refractivity contribution is 5.24. The van der Waals surface area contributed by atoms with Crippen molar-refractivity contribution in [3.05, 3.63) is 35.4 Å². The molecule has 2 unspecified atom stereocenters. The Morgan fingerprint density at radius 2 is 1.94 bits per heavy atom. The Morgan fingerprint density at radius 3 is 2.67 bits per heavy atom. The molecule has 1 aliphatic rings. The molecular weight excluding hydrogens is 232 g/mol. The van der Waals surface area contributed by atoms with Crippen molar-refractivity contribution < 1.29 is 8.78 Å². The summed E-state index contributed by atoms with van der Waals surface area (Å²) < 4.78 is 26.9. The molecule has 0 radical (unpaired) electrons. The lowest BCUT2D eigenvalue weighted by atomic mass is 9.87. The van der Waals surface area contributed by atoms with Crippen LogP contribution in [0.15, 0.2) is 18.2 Å². The number of rotatable bonds is 3. The molecule has 1 aliphatic carbocycles. The van der Waals surface area contributed by atoms with E-state index in [9.17, 15) is 8.78 Å². The van der Waals surface area contributed by atoms with Gasteiger partial charge in [0.25, 0.3) is 0 Å². The smallest absolute Gasteiger partial charge is 0.129 e. The van der Waals surface area contributed by atoms with Crippen molar-refractivity contribution >= 4 is 0 Å². The van der Waals surface area contributed by atoms with E-state index in [4.69, 9.17) is 0 Å². The normalized spacial score (nSPS) is 24.8. The van der Waals surface area contributed by atoms with Gasteiger partial charge in [-0.25, -0.2) is 8.78 Å². The Hall–Kier alpha value is -0.960. The van der Waals surface area contributed by atoms with Crippen molar-refractivity contribution in [2.24, 2.45) is 0 Å². The number of halogens is 2. The van der Waals surface area contributed by atoms with E-state index in [1.807, 2.05) is 0 Å². The summed E-state index contributed by atoms with van der Waals surface area (Å²) in [5.41, 5.74) is 0.671. The van der Waals surface area contributed by atoms with Gasteiger partial charge < -0.3 is 5.32 Å². The molecule has 2 rings (SSSR count). The summed E-state index contributed by atoms with van der Waals surface area (Å²) in [7, 11) is 0. The molecule has 1 nitrogen and oxygen atoms in total. The predicted octanol–water partition coefficient (Wildman–Crippen LogP) is 3.99. The van der Waals surface area contributed by atoms with Crippen LogP contribution in [0.2, 0.25) is 0 Å². The van der Waals surface area contributed by atoms with Gasteiger partial charge in [0.15, 0.2) is 0 Å². The van der Waals surface area contributed by atoms with Gasteiger partial charge in [-0.15, -0.1) is 0 Å². The Labute approximate surface area is 108 Å². The number of hydrogen-bond acceptors (Lipinski definition) is 1.